The van der Waals surface area contributed by atoms with E-state index in [4.69, 9.17) is 5.73 Å². The molecule has 0 spiro atoms. The summed E-state index contributed by atoms with van der Waals surface area (Å²) in [7, 11) is 0. The van der Waals surface area contributed by atoms with E-state index in [9.17, 15) is 4.79 Å². The first-order valence-electron chi connectivity index (χ1n) is 7.66. The smallest absolute Gasteiger partial charge is 0.236 e. The van der Waals surface area contributed by atoms with Gasteiger partial charge < -0.3 is 16.0 Å². The number of amides is 1. The number of nitrogens with one attached hydrogen (secondary N) is 1. The molecule has 0 fully saturated rings. The second kappa shape index (κ2) is 8.03. The quantitative estimate of drug-likeness (QED) is 0.773. The Hall–Kier alpha value is -1.55. The van der Waals surface area contributed by atoms with E-state index in [0.717, 1.165) is 18.8 Å². The van der Waals surface area contributed by atoms with Gasteiger partial charge in [0.05, 0.1) is 6.54 Å². The highest BCUT2D eigenvalue weighted by molar-refractivity contribution is 5.79. The Bertz CT molecular complexity index is 469. The molecule has 3 N–H and O–H groups in total. The van der Waals surface area contributed by atoms with Gasteiger partial charge in [-0.25, -0.2) is 0 Å². The lowest BCUT2D eigenvalue weighted by molar-refractivity contribution is -0.116. The van der Waals surface area contributed by atoms with Gasteiger partial charge in [-0.2, -0.15) is 0 Å². The van der Waals surface area contributed by atoms with Gasteiger partial charge in [-0.3, -0.25) is 4.79 Å². The van der Waals surface area contributed by atoms with Crippen molar-refractivity contribution < 1.29 is 4.79 Å². The van der Waals surface area contributed by atoms with Crippen molar-refractivity contribution in [2.75, 3.05) is 18.0 Å². The van der Waals surface area contributed by atoms with Crippen LogP contribution in [-0.2, 0) is 11.3 Å². The average molecular weight is 291 g/mol. The molecule has 1 aromatic rings. The van der Waals surface area contributed by atoms with Gasteiger partial charge in [0.15, 0.2) is 0 Å². The Balaban J connectivity index is 2.81. The van der Waals surface area contributed by atoms with Gasteiger partial charge in [-0.05, 0) is 56.5 Å². The topological polar surface area (TPSA) is 58.4 Å². The second-order valence-electron chi connectivity index (χ2n) is 6.32. The van der Waals surface area contributed by atoms with Crippen molar-refractivity contribution in [1.29, 1.82) is 0 Å². The van der Waals surface area contributed by atoms with E-state index in [1.54, 1.807) is 0 Å². The zero-order chi connectivity index (χ0) is 16.0. The van der Waals surface area contributed by atoms with Crippen molar-refractivity contribution >= 4 is 11.6 Å². The number of nitrogens with two attached hydrogens (primary N) is 1. The molecule has 0 aliphatic heterocycles. The van der Waals surface area contributed by atoms with E-state index in [-0.39, 0.29) is 18.5 Å². The van der Waals surface area contributed by atoms with Crippen LogP contribution in [0.4, 0.5) is 5.69 Å². The standard InChI is InChI=1S/C17H29N3O/c1-12(2)9-19-10-15-6-7-16(8-14(15)5)20(13(3)4)11-17(18)21/h6-8,12-13,19H,9-11H2,1-5H3,(H2,18,21). The SMILES string of the molecule is Cc1cc(N(CC(N)=O)C(C)C)ccc1CNCC(C)C. The van der Waals surface area contributed by atoms with E-state index in [1.807, 2.05) is 4.90 Å². The second-order valence-corrected chi connectivity index (χ2v) is 6.32. The van der Waals surface area contributed by atoms with Gasteiger partial charge in [0, 0.05) is 18.3 Å². The van der Waals surface area contributed by atoms with Crippen LogP contribution in [0, 0.1) is 12.8 Å². The van der Waals surface area contributed by atoms with Crippen LogP contribution in [0.15, 0.2) is 18.2 Å². The average Bonchev–Trinajstić information content (AvgIpc) is 2.37. The third kappa shape index (κ3) is 5.76. The largest absolute Gasteiger partial charge is 0.368 e. The fraction of sp³-hybridized carbons (Fsp3) is 0.588. The van der Waals surface area contributed by atoms with Crippen molar-refractivity contribution in [2.45, 2.75) is 47.2 Å². The van der Waals surface area contributed by atoms with Crippen molar-refractivity contribution in [2.24, 2.45) is 11.7 Å². The molecular formula is C17H29N3O. The normalized spacial score (nSPS) is 11.2. The number of hydrogen-bond acceptors (Lipinski definition) is 3. The molecule has 0 saturated carbocycles. The Labute approximate surface area is 128 Å². The first kappa shape index (κ1) is 17.5. The lowest BCUT2D eigenvalue weighted by atomic mass is 10.1. The van der Waals surface area contributed by atoms with Gasteiger partial charge in [0.1, 0.15) is 0 Å². The summed E-state index contributed by atoms with van der Waals surface area (Å²) in [6.45, 7) is 12.8. The number of aryl methyl sites for hydroxylation is 1. The van der Waals surface area contributed by atoms with Gasteiger partial charge in [-0.15, -0.1) is 0 Å². The van der Waals surface area contributed by atoms with E-state index in [0.29, 0.717) is 5.92 Å². The summed E-state index contributed by atoms with van der Waals surface area (Å²) >= 11 is 0. The highest BCUT2D eigenvalue weighted by Gasteiger charge is 2.14. The minimum atomic E-state index is -0.302. The maximum absolute atomic E-state index is 11.2. The third-order valence-corrected chi connectivity index (χ3v) is 3.48. The lowest BCUT2D eigenvalue weighted by Crippen LogP contribution is -2.38. The Kier molecular flexibility index (Phi) is 6.69. The predicted molar refractivity (Wildman–Crippen MR) is 89.4 cm³/mol. The maximum atomic E-state index is 11.2. The summed E-state index contributed by atoms with van der Waals surface area (Å²) in [5.74, 6) is 0.348. The first-order valence-corrected chi connectivity index (χ1v) is 7.66. The molecule has 4 nitrogen and oxygen atoms in total. The summed E-state index contributed by atoms with van der Waals surface area (Å²) in [5, 5.41) is 3.46. The molecule has 1 amide bonds. The van der Waals surface area contributed by atoms with Crippen molar-refractivity contribution in [3.05, 3.63) is 29.3 Å². The minimum absolute atomic E-state index is 0.238. The van der Waals surface area contributed by atoms with Crippen LogP contribution in [0.25, 0.3) is 0 Å². The summed E-state index contributed by atoms with van der Waals surface area (Å²) in [6, 6.07) is 6.58. The number of anilines is 1. The number of benzene rings is 1. The zero-order valence-corrected chi connectivity index (χ0v) is 13.9. The van der Waals surface area contributed by atoms with E-state index in [2.05, 4.69) is 58.1 Å². The molecule has 1 rings (SSSR count). The van der Waals surface area contributed by atoms with Crippen molar-refractivity contribution in [3.63, 3.8) is 0 Å². The Morgan fingerprint density at radius 2 is 1.95 bits per heavy atom. The monoisotopic (exact) mass is 291 g/mol. The van der Waals surface area contributed by atoms with Crippen LogP contribution in [0.1, 0.15) is 38.8 Å². The summed E-state index contributed by atoms with van der Waals surface area (Å²) in [4.78, 5) is 13.2. The Morgan fingerprint density at radius 3 is 2.43 bits per heavy atom. The predicted octanol–water partition coefficient (Wildman–Crippen LogP) is 2.44. The summed E-state index contributed by atoms with van der Waals surface area (Å²) in [5.41, 5.74) is 8.92. The molecule has 0 atom stereocenters. The highest BCUT2D eigenvalue weighted by atomic mass is 16.1. The van der Waals surface area contributed by atoms with Gasteiger partial charge in [-0.1, -0.05) is 19.9 Å². The fourth-order valence-corrected chi connectivity index (χ4v) is 2.29. The molecule has 0 aromatic heterocycles. The lowest BCUT2D eigenvalue weighted by Gasteiger charge is -2.28. The van der Waals surface area contributed by atoms with E-state index >= 15 is 0 Å². The molecule has 0 radical (unpaired) electrons. The summed E-state index contributed by atoms with van der Waals surface area (Å²) in [6.07, 6.45) is 0. The van der Waals surface area contributed by atoms with Crippen molar-refractivity contribution in [3.8, 4) is 0 Å². The van der Waals surface area contributed by atoms with Gasteiger partial charge in [0.2, 0.25) is 5.91 Å². The molecule has 21 heavy (non-hydrogen) atoms. The van der Waals surface area contributed by atoms with Crippen molar-refractivity contribution in [1.82, 2.24) is 5.32 Å². The van der Waals surface area contributed by atoms with Crippen LogP contribution in [0.2, 0.25) is 0 Å². The fourth-order valence-electron chi connectivity index (χ4n) is 2.29. The van der Waals surface area contributed by atoms with Crippen LogP contribution >= 0.6 is 0 Å². The first-order chi connectivity index (χ1) is 9.81. The number of carbonyl (C=O) groups excluding carboxylic acids is 1. The van der Waals surface area contributed by atoms with Gasteiger partial charge >= 0.3 is 0 Å². The maximum Gasteiger partial charge on any atom is 0.236 e. The van der Waals surface area contributed by atoms with Crippen LogP contribution < -0.4 is 16.0 Å². The molecular weight excluding hydrogens is 262 g/mol. The molecule has 1 aromatic carbocycles. The number of primary amides is 1. The molecule has 0 aliphatic rings. The van der Waals surface area contributed by atoms with Crippen LogP contribution in [0.3, 0.4) is 0 Å². The zero-order valence-electron chi connectivity index (χ0n) is 13.9. The van der Waals surface area contributed by atoms with Gasteiger partial charge in [0.25, 0.3) is 0 Å². The highest BCUT2D eigenvalue weighted by Crippen LogP contribution is 2.21. The molecule has 4 heteroatoms. The minimum Gasteiger partial charge on any atom is -0.368 e. The van der Waals surface area contributed by atoms with Crippen LogP contribution in [0.5, 0.6) is 0 Å². The molecule has 0 bridgehead atoms. The number of carbonyl (C=O) groups is 1. The molecule has 0 saturated heterocycles. The molecule has 0 unspecified atom stereocenters. The number of hydrogen-bond donors (Lipinski definition) is 2. The molecule has 118 valence electrons. The molecule has 0 aliphatic carbocycles. The third-order valence-electron chi connectivity index (χ3n) is 3.48. The van der Waals surface area contributed by atoms with Crippen LogP contribution in [-0.4, -0.2) is 25.0 Å². The Morgan fingerprint density at radius 1 is 1.29 bits per heavy atom. The number of rotatable bonds is 8. The van der Waals surface area contributed by atoms with E-state index in [1.165, 1.54) is 11.1 Å². The van der Waals surface area contributed by atoms with E-state index < -0.39 is 0 Å². The number of nitrogens with zero attached hydrogens (tertiary/aromatic N) is 1. The summed E-state index contributed by atoms with van der Waals surface area (Å²) < 4.78 is 0. The molecule has 0 heterocycles.